The summed E-state index contributed by atoms with van der Waals surface area (Å²) in [6.45, 7) is 1.17. The van der Waals surface area contributed by atoms with Crippen molar-refractivity contribution in [1.82, 2.24) is 4.31 Å². The largest absolute Gasteiger partial charge is 0.496 e. The van der Waals surface area contributed by atoms with Crippen LogP contribution in [0.15, 0.2) is 77.7 Å². The van der Waals surface area contributed by atoms with Crippen molar-refractivity contribution in [2.75, 3.05) is 32.2 Å². The molecule has 1 amide bonds. The molecule has 10 heteroatoms. The zero-order valence-corrected chi connectivity index (χ0v) is 21.6. The summed E-state index contributed by atoms with van der Waals surface area (Å²) in [6.07, 6.45) is -1.03. The monoisotopic (exact) mass is 524 g/mol. The summed E-state index contributed by atoms with van der Waals surface area (Å²) in [5, 5.41) is 0. The van der Waals surface area contributed by atoms with Gasteiger partial charge in [-0.2, -0.15) is 4.31 Å². The highest BCUT2D eigenvalue weighted by Crippen LogP contribution is 2.34. The summed E-state index contributed by atoms with van der Waals surface area (Å²) in [5.41, 5.74) is 1.82. The predicted octanol–water partition coefficient (Wildman–Crippen LogP) is 3.16. The highest BCUT2D eigenvalue weighted by atomic mass is 32.2. The second kappa shape index (κ2) is 11.0. The number of anilines is 1. The molecule has 0 fully saturated rings. The van der Waals surface area contributed by atoms with Gasteiger partial charge in [0.05, 0.1) is 37.9 Å². The quantitative estimate of drug-likeness (QED) is 0.417. The molecule has 0 N–H and O–H groups in total. The second-order valence-corrected chi connectivity index (χ2v) is 10.4. The van der Waals surface area contributed by atoms with Crippen LogP contribution in [0.3, 0.4) is 0 Å². The molecule has 0 bridgehead atoms. The molecule has 1 unspecified atom stereocenters. The zero-order valence-electron chi connectivity index (χ0n) is 20.8. The number of fused-ring (bicyclic) bond motifs is 1. The Balaban J connectivity index is 1.69. The molecule has 0 aromatic heterocycles. The Bertz CT molecular complexity index is 1390. The van der Waals surface area contributed by atoms with Crippen LogP contribution in [0.5, 0.6) is 11.5 Å². The molecule has 0 aliphatic carbocycles. The minimum absolute atomic E-state index is 0.0214. The predicted molar refractivity (Wildman–Crippen MR) is 137 cm³/mol. The van der Waals surface area contributed by atoms with Crippen molar-refractivity contribution < 1.29 is 32.2 Å². The number of para-hydroxylation sites is 2. The van der Waals surface area contributed by atoms with Crippen molar-refractivity contribution in [3.63, 3.8) is 0 Å². The van der Waals surface area contributed by atoms with E-state index in [4.69, 9.17) is 14.2 Å². The molecule has 1 aliphatic rings. The molecule has 0 radical (unpaired) electrons. The maximum Gasteiger partial charge on any atom is 0.348 e. The van der Waals surface area contributed by atoms with E-state index in [0.717, 1.165) is 9.87 Å². The number of hydrogen-bond acceptors (Lipinski definition) is 7. The highest BCUT2D eigenvalue weighted by Gasteiger charge is 2.36. The van der Waals surface area contributed by atoms with Crippen LogP contribution in [0.2, 0.25) is 0 Å². The molecule has 3 aromatic carbocycles. The van der Waals surface area contributed by atoms with Gasteiger partial charge in [-0.25, -0.2) is 13.2 Å². The fourth-order valence-electron chi connectivity index (χ4n) is 4.13. The van der Waals surface area contributed by atoms with Gasteiger partial charge in [-0.1, -0.05) is 42.5 Å². The summed E-state index contributed by atoms with van der Waals surface area (Å²) >= 11 is 0. The van der Waals surface area contributed by atoms with E-state index < -0.39 is 34.5 Å². The SMILES string of the molecule is COC(=O)C1CN(C(=O)CN(Cc2ccccc2)S(=O)(=O)c2ccc(OC)c(C)c2)c2ccccc2O1. The second-order valence-electron chi connectivity index (χ2n) is 8.49. The van der Waals surface area contributed by atoms with Gasteiger partial charge in [0, 0.05) is 6.54 Å². The van der Waals surface area contributed by atoms with E-state index in [2.05, 4.69) is 0 Å². The molecule has 3 aromatic rings. The molecule has 194 valence electrons. The van der Waals surface area contributed by atoms with E-state index in [9.17, 15) is 18.0 Å². The van der Waals surface area contributed by atoms with Crippen molar-refractivity contribution in [3.05, 3.63) is 83.9 Å². The summed E-state index contributed by atoms with van der Waals surface area (Å²) in [5.74, 6) is -0.242. The van der Waals surface area contributed by atoms with Crippen molar-refractivity contribution >= 4 is 27.6 Å². The van der Waals surface area contributed by atoms with E-state index in [1.54, 1.807) is 61.5 Å². The van der Waals surface area contributed by atoms with Crippen LogP contribution in [0.4, 0.5) is 5.69 Å². The summed E-state index contributed by atoms with van der Waals surface area (Å²) in [7, 11) is -1.33. The first kappa shape index (κ1) is 26.2. The van der Waals surface area contributed by atoms with Gasteiger partial charge in [0.2, 0.25) is 22.0 Å². The molecule has 37 heavy (non-hydrogen) atoms. The Labute approximate surface area is 216 Å². The number of carbonyl (C=O) groups excluding carboxylic acids is 2. The molecule has 4 rings (SSSR count). The third-order valence-corrected chi connectivity index (χ3v) is 7.84. The standard InChI is InChI=1S/C27H28N2O7S/c1-19-15-21(13-14-23(19)34-2)37(32,33)28(16-20-9-5-4-6-10-20)18-26(30)29-17-25(27(31)35-3)36-24-12-8-7-11-22(24)29/h4-15,25H,16-18H2,1-3H3. The van der Waals surface area contributed by atoms with Crippen molar-refractivity contribution in [3.8, 4) is 11.5 Å². The normalized spacial score (nSPS) is 15.0. The fourth-order valence-corrected chi connectivity index (χ4v) is 5.60. The van der Waals surface area contributed by atoms with E-state index >= 15 is 0 Å². The minimum Gasteiger partial charge on any atom is -0.496 e. The number of carbonyl (C=O) groups is 2. The van der Waals surface area contributed by atoms with Crippen LogP contribution in [0.25, 0.3) is 0 Å². The Kier molecular flexibility index (Phi) is 7.80. The number of ether oxygens (including phenoxy) is 3. The van der Waals surface area contributed by atoms with Crippen molar-refractivity contribution in [2.45, 2.75) is 24.5 Å². The number of benzene rings is 3. The summed E-state index contributed by atoms with van der Waals surface area (Å²) in [4.78, 5) is 27.3. The van der Waals surface area contributed by atoms with Crippen molar-refractivity contribution in [1.29, 1.82) is 0 Å². The first-order valence-corrected chi connectivity index (χ1v) is 13.0. The van der Waals surface area contributed by atoms with Gasteiger partial charge in [0.1, 0.15) is 11.5 Å². The van der Waals surface area contributed by atoms with Gasteiger partial charge < -0.3 is 19.1 Å². The number of methoxy groups -OCH3 is 2. The first-order valence-electron chi connectivity index (χ1n) is 11.6. The minimum atomic E-state index is -4.08. The van der Waals surface area contributed by atoms with E-state index in [0.29, 0.717) is 22.7 Å². The number of rotatable bonds is 8. The Morgan fingerprint density at radius 3 is 2.41 bits per heavy atom. The first-order chi connectivity index (χ1) is 17.7. The Hall–Kier alpha value is -3.89. The van der Waals surface area contributed by atoms with E-state index in [1.165, 1.54) is 31.3 Å². The maximum atomic E-state index is 13.8. The summed E-state index contributed by atoms with van der Waals surface area (Å²) in [6, 6.07) is 20.4. The van der Waals surface area contributed by atoms with Crippen LogP contribution in [0, 0.1) is 6.92 Å². The van der Waals surface area contributed by atoms with Gasteiger partial charge in [0.25, 0.3) is 0 Å². The van der Waals surface area contributed by atoms with E-state index in [-0.39, 0.29) is 18.0 Å². The number of aryl methyl sites for hydroxylation is 1. The molecule has 0 saturated carbocycles. The average molecular weight is 525 g/mol. The number of sulfonamides is 1. The molecule has 0 spiro atoms. The van der Waals surface area contributed by atoms with Gasteiger partial charge in [0.15, 0.2) is 0 Å². The third kappa shape index (κ3) is 5.60. The molecular formula is C27H28N2O7S. The van der Waals surface area contributed by atoms with Crippen LogP contribution in [0.1, 0.15) is 11.1 Å². The Morgan fingerprint density at radius 1 is 1.03 bits per heavy atom. The lowest BCUT2D eigenvalue weighted by molar-refractivity contribution is -0.148. The fraction of sp³-hybridized carbons (Fsp3) is 0.259. The molecule has 1 heterocycles. The lowest BCUT2D eigenvalue weighted by Gasteiger charge is -2.34. The summed E-state index contributed by atoms with van der Waals surface area (Å²) < 4.78 is 44.5. The molecule has 1 atom stereocenters. The molecule has 1 aliphatic heterocycles. The third-order valence-electron chi connectivity index (χ3n) is 6.06. The zero-order chi connectivity index (χ0) is 26.6. The number of amides is 1. The topological polar surface area (TPSA) is 102 Å². The van der Waals surface area contributed by atoms with Gasteiger partial charge >= 0.3 is 5.97 Å². The maximum absolute atomic E-state index is 13.8. The number of nitrogens with zero attached hydrogens (tertiary/aromatic N) is 2. The van der Waals surface area contributed by atoms with Crippen molar-refractivity contribution in [2.24, 2.45) is 0 Å². The van der Waals surface area contributed by atoms with Gasteiger partial charge in [-0.05, 0) is 48.4 Å². The lowest BCUT2D eigenvalue weighted by Crippen LogP contribution is -2.50. The molecule has 9 nitrogen and oxygen atoms in total. The average Bonchev–Trinajstić information content (AvgIpc) is 2.92. The number of hydrogen-bond donors (Lipinski definition) is 0. The smallest absolute Gasteiger partial charge is 0.348 e. The lowest BCUT2D eigenvalue weighted by atomic mass is 10.2. The van der Waals surface area contributed by atoms with Gasteiger partial charge in [-0.3, -0.25) is 4.79 Å². The van der Waals surface area contributed by atoms with Crippen LogP contribution in [-0.2, 0) is 30.9 Å². The van der Waals surface area contributed by atoms with Crippen LogP contribution < -0.4 is 14.4 Å². The highest BCUT2D eigenvalue weighted by molar-refractivity contribution is 7.89. The van der Waals surface area contributed by atoms with E-state index in [1.807, 2.05) is 6.07 Å². The molecular weight excluding hydrogens is 496 g/mol. The van der Waals surface area contributed by atoms with Crippen LogP contribution in [-0.4, -0.2) is 58.0 Å². The Morgan fingerprint density at radius 2 is 1.73 bits per heavy atom. The van der Waals surface area contributed by atoms with Gasteiger partial charge in [-0.15, -0.1) is 0 Å². The number of esters is 1. The molecule has 0 saturated heterocycles. The van der Waals surface area contributed by atoms with Crippen LogP contribution >= 0.6 is 0 Å².